The first kappa shape index (κ1) is 12.1. The summed E-state index contributed by atoms with van der Waals surface area (Å²) in [6.07, 6.45) is 2.12. The predicted molar refractivity (Wildman–Crippen MR) is 52.3 cm³/mol. The molecule has 0 saturated carbocycles. The molecule has 0 aliphatic rings. The van der Waals surface area contributed by atoms with Crippen molar-refractivity contribution in [3.05, 3.63) is 12.7 Å². The molecule has 0 aromatic carbocycles. The lowest BCUT2D eigenvalue weighted by molar-refractivity contribution is -0.123. The molecule has 0 aliphatic heterocycles. The van der Waals surface area contributed by atoms with Crippen LogP contribution in [0.4, 0.5) is 0 Å². The highest BCUT2D eigenvalue weighted by atomic mass is 16.5. The summed E-state index contributed by atoms with van der Waals surface area (Å²) in [5.41, 5.74) is 5.55. The third kappa shape index (κ3) is 5.38. The molecule has 0 aliphatic carbocycles. The van der Waals surface area contributed by atoms with Gasteiger partial charge in [0.05, 0.1) is 12.6 Å². The molecule has 1 amide bonds. The predicted octanol–water partition coefficient (Wildman–Crippen LogP) is 0.0409. The molecule has 4 nitrogen and oxygen atoms in total. The van der Waals surface area contributed by atoms with E-state index < -0.39 is 6.04 Å². The largest absolute Gasteiger partial charge is 0.383 e. The maximum absolute atomic E-state index is 11.3. The fourth-order valence-electron chi connectivity index (χ4n) is 0.928. The van der Waals surface area contributed by atoms with Crippen LogP contribution in [0.1, 0.15) is 13.3 Å². The van der Waals surface area contributed by atoms with Gasteiger partial charge in [0.2, 0.25) is 5.91 Å². The fraction of sp³-hybridized carbons (Fsp3) is 0.667. The van der Waals surface area contributed by atoms with Crippen molar-refractivity contribution in [1.82, 2.24) is 5.32 Å². The Kier molecular flexibility index (Phi) is 6.18. The SMILES string of the molecule is C=CCC(N)C(=O)NC(C)COC. The molecule has 76 valence electrons. The Morgan fingerprint density at radius 1 is 1.77 bits per heavy atom. The minimum Gasteiger partial charge on any atom is -0.383 e. The van der Waals surface area contributed by atoms with E-state index in [0.717, 1.165) is 0 Å². The molecule has 13 heavy (non-hydrogen) atoms. The van der Waals surface area contributed by atoms with Crippen LogP contribution < -0.4 is 11.1 Å². The van der Waals surface area contributed by atoms with Crippen molar-refractivity contribution in [2.45, 2.75) is 25.4 Å². The number of methoxy groups -OCH3 is 1. The van der Waals surface area contributed by atoms with Crippen molar-refractivity contribution in [2.75, 3.05) is 13.7 Å². The molecule has 0 spiro atoms. The summed E-state index contributed by atoms with van der Waals surface area (Å²) in [6, 6.07) is -0.509. The number of nitrogens with two attached hydrogens (primary N) is 1. The minimum atomic E-state index is -0.503. The van der Waals surface area contributed by atoms with Crippen LogP contribution >= 0.6 is 0 Å². The highest BCUT2D eigenvalue weighted by molar-refractivity contribution is 5.81. The molecule has 3 N–H and O–H groups in total. The van der Waals surface area contributed by atoms with Crippen molar-refractivity contribution in [3.8, 4) is 0 Å². The Hall–Kier alpha value is -0.870. The van der Waals surface area contributed by atoms with E-state index in [1.54, 1.807) is 13.2 Å². The average Bonchev–Trinajstić information content (AvgIpc) is 2.05. The fourth-order valence-corrected chi connectivity index (χ4v) is 0.928. The Morgan fingerprint density at radius 3 is 2.85 bits per heavy atom. The lowest BCUT2D eigenvalue weighted by Gasteiger charge is -2.15. The monoisotopic (exact) mass is 186 g/mol. The van der Waals surface area contributed by atoms with Gasteiger partial charge in [-0.3, -0.25) is 4.79 Å². The third-order valence-corrected chi connectivity index (χ3v) is 1.56. The topological polar surface area (TPSA) is 64.4 Å². The van der Waals surface area contributed by atoms with Gasteiger partial charge in [-0.15, -0.1) is 6.58 Å². The zero-order valence-electron chi connectivity index (χ0n) is 8.25. The van der Waals surface area contributed by atoms with Crippen LogP contribution in [0.5, 0.6) is 0 Å². The summed E-state index contributed by atoms with van der Waals surface area (Å²) in [4.78, 5) is 11.3. The van der Waals surface area contributed by atoms with Gasteiger partial charge in [0.15, 0.2) is 0 Å². The third-order valence-electron chi connectivity index (χ3n) is 1.56. The van der Waals surface area contributed by atoms with Gasteiger partial charge in [-0.05, 0) is 13.3 Å². The molecule has 4 heteroatoms. The van der Waals surface area contributed by atoms with E-state index in [4.69, 9.17) is 10.5 Å². The smallest absolute Gasteiger partial charge is 0.237 e. The van der Waals surface area contributed by atoms with Gasteiger partial charge in [-0.2, -0.15) is 0 Å². The molecular weight excluding hydrogens is 168 g/mol. The second-order valence-corrected chi connectivity index (χ2v) is 3.00. The van der Waals surface area contributed by atoms with E-state index in [2.05, 4.69) is 11.9 Å². The molecule has 0 radical (unpaired) electrons. The first-order valence-corrected chi connectivity index (χ1v) is 4.27. The van der Waals surface area contributed by atoms with Gasteiger partial charge < -0.3 is 15.8 Å². The molecule has 0 heterocycles. The van der Waals surface area contributed by atoms with Crippen molar-refractivity contribution in [1.29, 1.82) is 0 Å². The average molecular weight is 186 g/mol. The number of nitrogens with one attached hydrogen (secondary N) is 1. The van der Waals surface area contributed by atoms with E-state index in [9.17, 15) is 4.79 Å². The van der Waals surface area contributed by atoms with Gasteiger partial charge in [0.25, 0.3) is 0 Å². The highest BCUT2D eigenvalue weighted by Gasteiger charge is 2.13. The maximum Gasteiger partial charge on any atom is 0.237 e. The van der Waals surface area contributed by atoms with Crippen LogP contribution in [0.15, 0.2) is 12.7 Å². The van der Waals surface area contributed by atoms with Crippen molar-refractivity contribution in [3.63, 3.8) is 0 Å². The van der Waals surface area contributed by atoms with Gasteiger partial charge in [0, 0.05) is 13.2 Å². The van der Waals surface area contributed by atoms with E-state index in [1.807, 2.05) is 6.92 Å². The molecular formula is C9H18N2O2. The molecule has 0 rings (SSSR count). The Bertz CT molecular complexity index is 171. The zero-order chi connectivity index (χ0) is 10.3. The summed E-state index contributed by atoms with van der Waals surface area (Å²) >= 11 is 0. The number of carbonyl (C=O) groups excluding carboxylic acids is 1. The summed E-state index contributed by atoms with van der Waals surface area (Å²) < 4.78 is 4.87. The van der Waals surface area contributed by atoms with Crippen molar-refractivity contribution < 1.29 is 9.53 Å². The molecule has 0 aromatic heterocycles. The number of carbonyl (C=O) groups is 1. The van der Waals surface area contributed by atoms with Gasteiger partial charge in [0.1, 0.15) is 0 Å². The van der Waals surface area contributed by atoms with Crippen molar-refractivity contribution in [2.24, 2.45) is 5.73 Å². The number of rotatable bonds is 6. The number of amides is 1. The van der Waals surface area contributed by atoms with Crippen LogP contribution in [-0.4, -0.2) is 31.7 Å². The Labute approximate surface area is 79.1 Å². The van der Waals surface area contributed by atoms with E-state index >= 15 is 0 Å². The van der Waals surface area contributed by atoms with Gasteiger partial charge >= 0.3 is 0 Å². The van der Waals surface area contributed by atoms with Gasteiger partial charge in [-0.1, -0.05) is 6.08 Å². The highest BCUT2D eigenvalue weighted by Crippen LogP contribution is 1.90. The molecule has 0 bridgehead atoms. The summed E-state index contributed by atoms with van der Waals surface area (Å²) in [7, 11) is 1.59. The Balaban J connectivity index is 3.77. The zero-order valence-corrected chi connectivity index (χ0v) is 8.25. The number of hydrogen-bond donors (Lipinski definition) is 2. The second kappa shape index (κ2) is 6.62. The second-order valence-electron chi connectivity index (χ2n) is 3.00. The summed E-state index contributed by atoms with van der Waals surface area (Å²) in [5, 5.41) is 2.73. The lowest BCUT2D eigenvalue weighted by Crippen LogP contribution is -2.45. The normalized spacial score (nSPS) is 14.7. The molecule has 0 aromatic rings. The lowest BCUT2D eigenvalue weighted by atomic mass is 10.2. The Morgan fingerprint density at radius 2 is 2.38 bits per heavy atom. The number of hydrogen-bond acceptors (Lipinski definition) is 3. The summed E-state index contributed by atoms with van der Waals surface area (Å²) in [6.45, 7) is 5.87. The first-order chi connectivity index (χ1) is 6.11. The van der Waals surface area contributed by atoms with Crippen LogP contribution in [0.25, 0.3) is 0 Å². The van der Waals surface area contributed by atoms with E-state index in [0.29, 0.717) is 13.0 Å². The number of ether oxygens (including phenoxy) is 1. The standard InChI is InChI=1S/C9H18N2O2/c1-4-5-8(10)9(12)11-7(2)6-13-3/h4,7-8H,1,5-6,10H2,2-3H3,(H,11,12). The van der Waals surface area contributed by atoms with Crippen LogP contribution in [-0.2, 0) is 9.53 Å². The van der Waals surface area contributed by atoms with E-state index in [-0.39, 0.29) is 11.9 Å². The van der Waals surface area contributed by atoms with Crippen LogP contribution in [0.2, 0.25) is 0 Å². The maximum atomic E-state index is 11.3. The molecule has 0 saturated heterocycles. The minimum absolute atomic E-state index is 0.00614. The van der Waals surface area contributed by atoms with Crippen molar-refractivity contribution >= 4 is 5.91 Å². The van der Waals surface area contributed by atoms with Crippen LogP contribution in [0.3, 0.4) is 0 Å². The van der Waals surface area contributed by atoms with Gasteiger partial charge in [-0.25, -0.2) is 0 Å². The van der Waals surface area contributed by atoms with E-state index in [1.165, 1.54) is 0 Å². The molecule has 0 fully saturated rings. The van der Waals surface area contributed by atoms with Crippen LogP contribution in [0, 0.1) is 0 Å². The molecule has 2 unspecified atom stereocenters. The summed E-state index contributed by atoms with van der Waals surface area (Å²) in [5.74, 6) is -0.163. The first-order valence-electron chi connectivity index (χ1n) is 4.27. The molecule has 2 atom stereocenters. The quantitative estimate of drug-likeness (QED) is 0.576.